The predicted octanol–water partition coefficient (Wildman–Crippen LogP) is 3.34. The number of hydrogen-bond acceptors (Lipinski definition) is 7. The van der Waals surface area contributed by atoms with Gasteiger partial charge in [-0.1, -0.05) is 17.8 Å². The van der Waals surface area contributed by atoms with E-state index in [9.17, 15) is 4.79 Å². The van der Waals surface area contributed by atoms with Gasteiger partial charge in [0.05, 0.1) is 11.8 Å². The van der Waals surface area contributed by atoms with Crippen molar-refractivity contribution in [2.24, 2.45) is 0 Å². The lowest BCUT2D eigenvalue weighted by Crippen LogP contribution is -2.32. The third-order valence-electron chi connectivity index (χ3n) is 5.97. The van der Waals surface area contributed by atoms with Crippen LogP contribution in [0.25, 0.3) is 0 Å². The minimum Gasteiger partial charge on any atom is -0.486 e. The van der Waals surface area contributed by atoms with E-state index in [0.717, 1.165) is 41.3 Å². The minimum atomic E-state index is -0.117. The average Bonchev–Trinajstić information content (AvgIpc) is 3.56. The fourth-order valence-corrected chi connectivity index (χ4v) is 4.97. The molecule has 1 amide bonds. The Hall–Kier alpha value is -2.42. The summed E-state index contributed by atoms with van der Waals surface area (Å²) in [7, 11) is 0. The van der Waals surface area contributed by atoms with Crippen LogP contribution in [0.4, 0.5) is 5.95 Å². The zero-order valence-electron chi connectivity index (χ0n) is 17.9. The molecule has 3 aliphatic rings. The zero-order valence-corrected chi connectivity index (χ0v) is 18.7. The number of ether oxygens (including phenoxy) is 2. The van der Waals surface area contributed by atoms with Crippen molar-refractivity contribution in [3.05, 3.63) is 23.8 Å². The summed E-state index contributed by atoms with van der Waals surface area (Å²) in [4.78, 5) is 15.0. The van der Waals surface area contributed by atoms with Crippen LogP contribution in [0.15, 0.2) is 23.4 Å². The summed E-state index contributed by atoms with van der Waals surface area (Å²) >= 11 is 1.47. The van der Waals surface area contributed by atoms with Gasteiger partial charge in [0.2, 0.25) is 11.9 Å². The number of aromatic nitrogens is 3. The van der Waals surface area contributed by atoms with Crippen LogP contribution in [-0.2, 0) is 4.79 Å². The van der Waals surface area contributed by atoms with Crippen LogP contribution in [0.5, 0.6) is 11.5 Å². The summed E-state index contributed by atoms with van der Waals surface area (Å²) in [6, 6.07) is 6.19. The Balaban J connectivity index is 1.20. The SMILES string of the molecule is C[C@H](NC(=O)CSc1nnc(N2CCCCC2)n1C1CC1)c1ccc2c(c1)OCCO2. The van der Waals surface area contributed by atoms with Crippen LogP contribution in [0.2, 0.25) is 0 Å². The maximum Gasteiger partial charge on any atom is 0.230 e. The molecule has 5 rings (SSSR count). The van der Waals surface area contributed by atoms with Gasteiger partial charge >= 0.3 is 0 Å². The topological polar surface area (TPSA) is 81.5 Å². The molecule has 9 heteroatoms. The highest BCUT2D eigenvalue weighted by Gasteiger charge is 2.32. The van der Waals surface area contributed by atoms with Crippen LogP contribution >= 0.6 is 11.8 Å². The van der Waals surface area contributed by atoms with Gasteiger partial charge < -0.3 is 19.7 Å². The van der Waals surface area contributed by atoms with Crippen molar-refractivity contribution < 1.29 is 14.3 Å². The molecule has 1 aromatic carbocycles. The molecule has 1 N–H and O–H groups in total. The quantitative estimate of drug-likeness (QED) is 0.657. The predicted molar refractivity (Wildman–Crippen MR) is 119 cm³/mol. The molecular formula is C22H29N5O3S. The molecule has 1 saturated heterocycles. The zero-order chi connectivity index (χ0) is 21.2. The number of rotatable bonds is 7. The number of carbonyl (C=O) groups is 1. The Morgan fingerprint density at radius 3 is 2.71 bits per heavy atom. The lowest BCUT2D eigenvalue weighted by molar-refractivity contribution is -0.119. The van der Waals surface area contributed by atoms with Crippen molar-refractivity contribution in [2.45, 2.75) is 56.3 Å². The number of nitrogens with zero attached hydrogens (tertiary/aromatic N) is 4. The Labute approximate surface area is 186 Å². The molecule has 1 saturated carbocycles. The second-order valence-corrected chi connectivity index (χ2v) is 9.35. The largest absolute Gasteiger partial charge is 0.486 e. The van der Waals surface area contributed by atoms with E-state index in [0.29, 0.717) is 25.0 Å². The summed E-state index contributed by atoms with van der Waals surface area (Å²) in [5.74, 6) is 2.78. The Bertz CT molecular complexity index is 939. The van der Waals surface area contributed by atoms with E-state index in [4.69, 9.17) is 9.47 Å². The van der Waals surface area contributed by atoms with Gasteiger partial charge in [0.1, 0.15) is 13.2 Å². The third kappa shape index (κ3) is 4.61. The second kappa shape index (κ2) is 8.98. The van der Waals surface area contributed by atoms with Crippen molar-refractivity contribution in [3.8, 4) is 11.5 Å². The van der Waals surface area contributed by atoms with Crippen molar-refractivity contribution in [1.82, 2.24) is 20.1 Å². The number of benzene rings is 1. The molecule has 8 nitrogen and oxygen atoms in total. The fourth-order valence-electron chi connectivity index (χ4n) is 4.16. The lowest BCUT2D eigenvalue weighted by Gasteiger charge is -2.27. The highest BCUT2D eigenvalue weighted by Crippen LogP contribution is 2.41. The Morgan fingerprint density at radius 2 is 1.94 bits per heavy atom. The van der Waals surface area contributed by atoms with E-state index in [-0.39, 0.29) is 11.9 Å². The number of nitrogens with one attached hydrogen (secondary N) is 1. The molecule has 0 radical (unpaired) electrons. The smallest absolute Gasteiger partial charge is 0.230 e. The number of anilines is 1. The molecule has 1 aromatic heterocycles. The number of carbonyl (C=O) groups excluding carboxylic acids is 1. The molecular weight excluding hydrogens is 414 g/mol. The molecule has 0 bridgehead atoms. The molecule has 2 fully saturated rings. The van der Waals surface area contributed by atoms with Crippen LogP contribution in [-0.4, -0.2) is 52.7 Å². The Morgan fingerprint density at radius 1 is 1.16 bits per heavy atom. The molecule has 1 atom stereocenters. The monoisotopic (exact) mass is 443 g/mol. The molecule has 166 valence electrons. The van der Waals surface area contributed by atoms with Crippen LogP contribution in [0.3, 0.4) is 0 Å². The molecule has 2 aromatic rings. The summed E-state index contributed by atoms with van der Waals surface area (Å²) in [6.45, 7) is 5.19. The maximum atomic E-state index is 12.6. The van der Waals surface area contributed by atoms with Crippen LogP contribution in [0.1, 0.15) is 56.7 Å². The number of piperidine rings is 1. The van der Waals surface area contributed by atoms with E-state index in [1.54, 1.807) is 0 Å². The highest BCUT2D eigenvalue weighted by atomic mass is 32.2. The van der Waals surface area contributed by atoms with Crippen molar-refractivity contribution >= 4 is 23.6 Å². The van der Waals surface area contributed by atoms with Gasteiger partial charge in [0.15, 0.2) is 16.7 Å². The Kier molecular flexibility index (Phi) is 5.93. The number of fused-ring (bicyclic) bond motifs is 1. The van der Waals surface area contributed by atoms with E-state index in [1.807, 2.05) is 25.1 Å². The molecule has 1 aliphatic carbocycles. The first-order chi connectivity index (χ1) is 15.2. The van der Waals surface area contributed by atoms with Gasteiger partial charge in [-0.2, -0.15) is 0 Å². The maximum absolute atomic E-state index is 12.6. The van der Waals surface area contributed by atoms with Crippen molar-refractivity contribution in [3.63, 3.8) is 0 Å². The number of hydrogen-bond donors (Lipinski definition) is 1. The fraction of sp³-hybridized carbons (Fsp3) is 0.591. The van der Waals surface area contributed by atoms with Gasteiger partial charge in [0, 0.05) is 19.1 Å². The van der Waals surface area contributed by atoms with Crippen molar-refractivity contribution in [2.75, 3.05) is 37.0 Å². The first kappa shape index (κ1) is 20.5. The standard InChI is InChI=1S/C22H29N5O3S/c1-15(16-5-8-18-19(13-16)30-12-11-29-18)23-20(28)14-31-22-25-24-21(27(22)17-6-7-17)26-9-3-2-4-10-26/h5,8,13,15,17H,2-4,6-7,9-12,14H2,1H3,(H,23,28)/t15-/m0/s1. The molecule has 31 heavy (non-hydrogen) atoms. The number of thioether (sulfide) groups is 1. The van der Waals surface area contributed by atoms with E-state index < -0.39 is 0 Å². The highest BCUT2D eigenvalue weighted by molar-refractivity contribution is 7.99. The molecule has 2 aliphatic heterocycles. The summed E-state index contributed by atoms with van der Waals surface area (Å²) < 4.78 is 13.5. The first-order valence-corrected chi connectivity index (χ1v) is 12.2. The van der Waals surface area contributed by atoms with Crippen LogP contribution < -0.4 is 19.7 Å². The van der Waals surface area contributed by atoms with Gasteiger partial charge in [-0.25, -0.2) is 0 Å². The van der Waals surface area contributed by atoms with Gasteiger partial charge in [-0.15, -0.1) is 10.2 Å². The van der Waals surface area contributed by atoms with E-state index >= 15 is 0 Å². The van der Waals surface area contributed by atoms with Gasteiger partial charge in [0.25, 0.3) is 0 Å². The first-order valence-electron chi connectivity index (χ1n) is 11.2. The lowest BCUT2D eigenvalue weighted by atomic mass is 10.1. The summed E-state index contributed by atoms with van der Waals surface area (Å²) in [6.07, 6.45) is 6.04. The number of amides is 1. The second-order valence-electron chi connectivity index (χ2n) is 8.41. The van der Waals surface area contributed by atoms with Crippen molar-refractivity contribution in [1.29, 1.82) is 0 Å². The molecule has 0 unspecified atom stereocenters. The van der Waals surface area contributed by atoms with E-state index in [2.05, 4.69) is 25.0 Å². The third-order valence-corrected chi connectivity index (χ3v) is 6.92. The van der Waals surface area contributed by atoms with E-state index in [1.165, 1.54) is 43.9 Å². The average molecular weight is 444 g/mol. The molecule has 0 spiro atoms. The summed E-state index contributed by atoms with van der Waals surface area (Å²) in [5, 5.41) is 12.9. The van der Waals surface area contributed by atoms with Gasteiger partial charge in [-0.05, 0) is 56.7 Å². The molecule has 3 heterocycles. The summed E-state index contributed by atoms with van der Waals surface area (Å²) in [5.41, 5.74) is 0.996. The normalized spacial score (nSPS) is 19.2. The minimum absolute atomic E-state index is 0.0164. The van der Waals surface area contributed by atoms with Gasteiger partial charge in [-0.3, -0.25) is 9.36 Å². The van der Waals surface area contributed by atoms with Crippen LogP contribution in [0, 0.1) is 0 Å².